The van der Waals surface area contributed by atoms with Gasteiger partial charge in [-0.1, -0.05) is 42.5 Å². The van der Waals surface area contributed by atoms with Crippen LogP contribution in [0.2, 0.25) is 0 Å². The average Bonchev–Trinajstić information content (AvgIpc) is 2.58. The van der Waals surface area contributed by atoms with Gasteiger partial charge in [-0.2, -0.15) is 0 Å². The number of hydrogen-bond acceptors (Lipinski definition) is 2. The van der Waals surface area contributed by atoms with Crippen molar-refractivity contribution in [2.45, 2.75) is 38.6 Å². The smallest absolute Gasteiger partial charge is 0.118 e. The van der Waals surface area contributed by atoms with Gasteiger partial charge in [0, 0.05) is 6.04 Å². The predicted molar refractivity (Wildman–Crippen MR) is 93.5 cm³/mol. The van der Waals surface area contributed by atoms with E-state index >= 15 is 0 Å². The molecule has 2 rings (SSSR count). The van der Waals surface area contributed by atoms with Crippen molar-refractivity contribution >= 4 is 0 Å². The van der Waals surface area contributed by atoms with Gasteiger partial charge in [0.25, 0.3) is 0 Å². The maximum absolute atomic E-state index is 5.18. The first-order chi connectivity index (χ1) is 10.8. The van der Waals surface area contributed by atoms with Gasteiger partial charge >= 0.3 is 0 Å². The number of methoxy groups -OCH3 is 1. The van der Waals surface area contributed by atoms with Crippen molar-refractivity contribution in [2.24, 2.45) is 0 Å². The van der Waals surface area contributed by atoms with Gasteiger partial charge in [-0.25, -0.2) is 0 Å². The normalized spacial score (nSPS) is 12.1. The second kappa shape index (κ2) is 9.26. The molecule has 0 heterocycles. The standard InChI is InChI=1S/C20H27NO/c1-17(10-11-19-12-14-20(22-2)15-13-19)21-16-6-9-18-7-4-3-5-8-18/h3-5,7-8,12-15,17,21H,6,9-11,16H2,1-2H3. The fraction of sp³-hybridized carbons (Fsp3) is 0.400. The van der Waals surface area contributed by atoms with Crippen LogP contribution in [0, 0.1) is 0 Å². The van der Waals surface area contributed by atoms with Crippen LogP contribution in [0.15, 0.2) is 54.6 Å². The van der Waals surface area contributed by atoms with Crippen molar-refractivity contribution in [3.8, 4) is 5.75 Å². The van der Waals surface area contributed by atoms with Crippen molar-refractivity contribution in [3.05, 3.63) is 65.7 Å². The number of nitrogens with one attached hydrogen (secondary N) is 1. The largest absolute Gasteiger partial charge is 0.497 e. The molecule has 0 saturated heterocycles. The highest BCUT2D eigenvalue weighted by molar-refractivity contribution is 5.27. The third-order valence-electron chi connectivity index (χ3n) is 4.00. The van der Waals surface area contributed by atoms with Gasteiger partial charge in [0.2, 0.25) is 0 Å². The average molecular weight is 297 g/mol. The Morgan fingerprint density at radius 2 is 1.59 bits per heavy atom. The zero-order valence-electron chi connectivity index (χ0n) is 13.7. The Kier molecular flexibility index (Phi) is 6.98. The molecule has 0 bridgehead atoms. The third-order valence-corrected chi connectivity index (χ3v) is 4.00. The molecule has 0 aromatic heterocycles. The van der Waals surface area contributed by atoms with Crippen LogP contribution in [0.5, 0.6) is 5.75 Å². The van der Waals surface area contributed by atoms with Crippen LogP contribution < -0.4 is 10.1 Å². The van der Waals surface area contributed by atoms with Gasteiger partial charge < -0.3 is 10.1 Å². The summed E-state index contributed by atoms with van der Waals surface area (Å²) in [4.78, 5) is 0. The summed E-state index contributed by atoms with van der Waals surface area (Å²) >= 11 is 0. The minimum absolute atomic E-state index is 0.554. The van der Waals surface area contributed by atoms with Crippen LogP contribution in [-0.2, 0) is 12.8 Å². The molecule has 1 unspecified atom stereocenters. The molecule has 2 heteroatoms. The van der Waals surface area contributed by atoms with Crippen LogP contribution >= 0.6 is 0 Å². The van der Waals surface area contributed by atoms with Gasteiger partial charge in [-0.15, -0.1) is 0 Å². The summed E-state index contributed by atoms with van der Waals surface area (Å²) < 4.78 is 5.18. The molecule has 2 aromatic carbocycles. The second-order valence-electron chi connectivity index (χ2n) is 5.83. The van der Waals surface area contributed by atoms with E-state index in [2.05, 4.69) is 54.7 Å². The van der Waals surface area contributed by atoms with Crippen LogP contribution in [0.4, 0.5) is 0 Å². The van der Waals surface area contributed by atoms with Gasteiger partial charge in [0.15, 0.2) is 0 Å². The molecule has 0 aliphatic rings. The molecule has 1 N–H and O–H groups in total. The molecule has 0 amide bonds. The number of rotatable bonds is 9. The lowest BCUT2D eigenvalue weighted by molar-refractivity contribution is 0.414. The lowest BCUT2D eigenvalue weighted by Gasteiger charge is -2.14. The summed E-state index contributed by atoms with van der Waals surface area (Å²) in [6.45, 7) is 3.35. The molecule has 0 radical (unpaired) electrons. The zero-order valence-corrected chi connectivity index (χ0v) is 13.7. The number of hydrogen-bond donors (Lipinski definition) is 1. The van der Waals surface area contributed by atoms with E-state index in [-0.39, 0.29) is 0 Å². The summed E-state index contributed by atoms with van der Waals surface area (Å²) in [5.41, 5.74) is 2.80. The minimum Gasteiger partial charge on any atom is -0.497 e. The lowest BCUT2D eigenvalue weighted by Crippen LogP contribution is -2.27. The zero-order chi connectivity index (χ0) is 15.6. The minimum atomic E-state index is 0.554. The first kappa shape index (κ1) is 16.6. The molecule has 2 aromatic rings. The fourth-order valence-electron chi connectivity index (χ4n) is 2.56. The van der Waals surface area contributed by atoms with E-state index in [0.717, 1.165) is 31.6 Å². The van der Waals surface area contributed by atoms with Gasteiger partial charge in [-0.3, -0.25) is 0 Å². The fourth-order valence-corrected chi connectivity index (χ4v) is 2.56. The molecule has 0 aliphatic carbocycles. The van der Waals surface area contributed by atoms with Crippen molar-refractivity contribution < 1.29 is 4.74 Å². The Hall–Kier alpha value is -1.80. The SMILES string of the molecule is COc1ccc(CCC(C)NCCCc2ccccc2)cc1. The molecule has 0 aliphatic heterocycles. The Morgan fingerprint density at radius 3 is 2.27 bits per heavy atom. The van der Waals surface area contributed by atoms with E-state index in [4.69, 9.17) is 4.74 Å². The topological polar surface area (TPSA) is 21.3 Å². The van der Waals surface area contributed by atoms with Crippen molar-refractivity contribution in [1.82, 2.24) is 5.32 Å². The van der Waals surface area contributed by atoms with Crippen LogP contribution in [-0.4, -0.2) is 19.7 Å². The van der Waals surface area contributed by atoms with E-state index in [0.29, 0.717) is 6.04 Å². The number of benzene rings is 2. The first-order valence-corrected chi connectivity index (χ1v) is 8.18. The molecule has 0 saturated carbocycles. The molecular formula is C20H27NO. The Morgan fingerprint density at radius 1 is 0.909 bits per heavy atom. The van der Waals surface area contributed by atoms with Crippen molar-refractivity contribution in [2.75, 3.05) is 13.7 Å². The molecule has 0 spiro atoms. The Balaban J connectivity index is 1.60. The molecular weight excluding hydrogens is 270 g/mol. The highest BCUT2D eigenvalue weighted by Gasteiger charge is 2.02. The Labute approximate surface area is 134 Å². The lowest BCUT2D eigenvalue weighted by atomic mass is 10.1. The summed E-state index contributed by atoms with van der Waals surface area (Å²) in [5, 5.41) is 3.62. The summed E-state index contributed by atoms with van der Waals surface area (Å²) in [6, 6.07) is 19.6. The van der Waals surface area contributed by atoms with E-state index in [9.17, 15) is 0 Å². The maximum atomic E-state index is 5.18. The first-order valence-electron chi connectivity index (χ1n) is 8.18. The molecule has 0 fully saturated rings. The monoisotopic (exact) mass is 297 g/mol. The third kappa shape index (κ3) is 5.90. The highest BCUT2D eigenvalue weighted by atomic mass is 16.5. The summed E-state index contributed by atoms with van der Waals surface area (Å²) in [7, 11) is 1.70. The van der Waals surface area contributed by atoms with E-state index in [1.165, 1.54) is 17.5 Å². The van der Waals surface area contributed by atoms with Crippen LogP contribution in [0.1, 0.15) is 30.9 Å². The predicted octanol–water partition coefficient (Wildman–Crippen LogP) is 4.24. The van der Waals surface area contributed by atoms with Gasteiger partial charge in [-0.05, 0) is 62.4 Å². The second-order valence-corrected chi connectivity index (χ2v) is 5.83. The molecule has 118 valence electrons. The highest BCUT2D eigenvalue weighted by Crippen LogP contribution is 2.13. The maximum Gasteiger partial charge on any atom is 0.118 e. The van der Waals surface area contributed by atoms with Gasteiger partial charge in [0.05, 0.1) is 7.11 Å². The van der Waals surface area contributed by atoms with Crippen LogP contribution in [0.3, 0.4) is 0 Å². The van der Waals surface area contributed by atoms with Crippen molar-refractivity contribution in [1.29, 1.82) is 0 Å². The number of ether oxygens (including phenoxy) is 1. The number of aryl methyl sites for hydroxylation is 2. The summed E-state index contributed by atoms with van der Waals surface area (Å²) in [5.74, 6) is 0.927. The van der Waals surface area contributed by atoms with E-state index in [1.54, 1.807) is 7.11 Å². The van der Waals surface area contributed by atoms with E-state index in [1.807, 2.05) is 12.1 Å². The van der Waals surface area contributed by atoms with Crippen molar-refractivity contribution in [3.63, 3.8) is 0 Å². The molecule has 1 atom stereocenters. The van der Waals surface area contributed by atoms with Crippen LogP contribution in [0.25, 0.3) is 0 Å². The summed E-state index contributed by atoms with van der Waals surface area (Å²) in [6.07, 6.45) is 4.62. The van der Waals surface area contributed by atoms with E-state index < -0.39 is 0 Å². The Bertz CT molecular complexity index is 521. The molecule has 22 heavy (non-hydrogen) atoms. The molecule has 2 nitrogen and oxygen atoms in total. The quantitative estimate of drug-likeness (QED) is 0.699. The van der Waals surface area contributed by atoms with Gasteiger partial charge in [0.1, 0.15) is 5.75 Å².